The number of carbonyl (C=O) groups is 4. The Labute approximate surface area is 218 Å². The number of para-hydroxylation sites is 1. The maximum absolute atomic E-state index is 13.2. The number of fused-ring (bicyclic) bond motifs is 5. The van der Waals surface area contributed by atoms with Crippen LogP contribution in [0.15, 0.2) is 48.5 Å². The van der Waals surface area contributed by atoms with Crippen molar-refractivity contribution in [1.29, 1.82) is 0 Å². The van der Waals surface area contributed by atoms with E-state index < -0.39 is 70.3 Å². The summed E-state index contributed by atoms with van der Waals surface area (Å²) in [6.07, 6.45) is -4.07. The van der Waals surface area contributed by atoms with Gasteiger partial charge in [0.2, 0.25) is 11.8 Å². The van der Waals surface area contributed by atoms with Gasteiger partial charge >= 0.3 is 12.1 Å². The van der Waals surface area contributed by atoms with Gasteiger partial charge in [-0.25, -0.2) is 4.79 Å². The normalized spacial score (nSPS) is 28.4. The Morgan fingerprint density at radius 2 is 1.59 bits per heavy atom. The minimum Gasteiger partial charge on any atom is -0.452 e. The van der Waals surface area contributed by atoms with Gasteiger partial charge in [0.05, 0.1) is 45.1 Å². The zero-order valence-electron chi connectivity index (χ0n) is 18.9. The first-order valence-corrected chi connectivity index (χ1v) is 12.3. The van der Waals surface area contributed by atoms with Crippen molar-refractivity contribution < 1.29 is 37.1 Å². The molecule has 3 amide bonds. The summed E-state index contributed by atoms with van der Waals surface area (Å²) in [4.78, 5) is 52.1. The van der Waals surface area contributed by atoms with Crippen molar-refractivity contribution in [3.8, 4) is 0 Å². The Kier molecular flexibility index (Phi) is 6.44. The van der Waals surface area contributed by atoms with Crippen LogP contribution in [0, 0.1) is 23.7 Å². The van der Waals surface area contributed by atoms with Gasteiger partial charge in [-0.2, -0.15) is 13.2 Å². The van der Waals surface area contributed by atoms with Crippen LogP contribution >= 0.6 is 23.2 Å². The number of benzene rings is 2. The van der Waals surface area contributed by atoms with Crippen molar-refractivity contribution in [2.75, 3.05) is 16.8 Å². The van der Waals surface area contributed by atoms with E-state index in [1.54, 1.807) is 0 Å². The average Bonchev–Trinajstić information content (AvgIpc) is 3.47. The van der Waals surface area contributed by atoms with E-state index in [9.17, 15) is 32.3 Å². The minimum atomic E-state index is -4.68. The Hall–Kier alpha value is -3.11. The number of carbonyl (C=O) groups excluding carboxylic acids is 4. The molecule has 1 saturated heterocycles. The number of hydrogen-bond acceptors (Lipinski definition) is 5. The standard InChI is InChI=1S/C25H19Cl2F3N2O5/c26-20-13-9-14(21(20)27)19-18(13)22(34)32(23(19)35)12-5-3-4-11(8-12)24(36)37-10-17(33)31-16-7-2-1-6-15(16)25(28,29)30/h1-8,13-14,18-21H,9-10H2,(H,31,33)/t13-,14-,18-,19+,20-,21+/m1/s1. The summed E-state index contributed by atoms with van der Waals surface area (Å²) in [5.74, 6) is -4.25. The van der Waals surface area contributed by atoms with E-state index in [-0.39, 0.29) is 23.1 Å². The highest BCUT2D eigenvalue weighted by Gasteiger charge is 2.67. The predicted molar refractivity (Wildman–Crippen MR) is 127 cm³/mol. The average molecular weight is 555 g/mol. The Balaban J connectivity index is 1.26. The zero-order chi connectivity index (χ0) is 26.6. The molecule has 12 heteroatoms. The van der Waals surface area contributed by atoms with Gasteiger partial charge in [0, 0.05) is 0 Å². The molecule has 37 heavy (non-hydrogen) atoms. The van der Waals surface area contributed by atoms with Crippen LogP contribution in [0.3, 0.4) is 0 Å². The minimum absolute atomic E-state index is 0.0490. The molecule has 5 rings (SSSR count). The summed E-state index contributed by atoms with van der Waals surface area (Å²) in [5.41, 5.74) is -1.39. The Bertz CT molecular complexity index is 1270. The Morgan fingerprint density at radius 1 is 0.973 bits per heavy atom. The molecule has 7 nitrogen and oxygen atoms in total. The lowest BCUT2D eigenvalue weighted by atomic mass is 9.80. The molecule has 0 radical (unpaired) electrons. The van der Waals surface area contributed by atoms with E-state index in [0.29, 0.717) is 6.42 Å². The highest BCUT2D eigenvalue weighted by molar-refractivity contribution is 6.32. The van der Waals surface area contributed by atoms with E-state index >= 15 is 0 Å². The van der Waals surface area contributed by atoms with Crippen LogP contribution in [0.25, 0.3) is 0 Å². The van der Waals surface area contributed by atoms with E-state index in [2.05, 4.69) is 5.32 Å². The smallest absolute Gasteiger partial charge is 0.418 e. The molecule has 2 aromatic carbocycles. The molecule has 2 saturated carbocycles. The number of halogens is 5. The number of alkyl halides is 5. The highest BCUT2D eigenvalue weighted by atomic mass is 35.5. The summed E-state index contributed by atoms with van der Waals surface area (Å²) in [5, 5.41) is 1.27. The van der Waals surface area contributed by atoms with Crippen molar-refractivity contribution in [2.24, 2.45) is 23.7 Å². The zero-order valence-corrected chi connectivity index (χ0v) is 20.4. The third-order valence-electron chi connectivity index (χ3n) is 7.17. The number of rotatable bonds is 5. The highest BCUT2D eigenvalue weighted by Crippen LogP contribution is 2.59. The van der Waals surface area contributed by atoms with Crippen LogP contribution in [0.5, 0.6) is 0 Å². The maximum Gasteiger partial charge on any atom is 0.418 e. The van der Waals surface area contributed by atoms with Crippen molar-refractivity contribution in [1.82, 2.24) is 0 Å². The molecule has 2 aliphatic carbocycles. The largest absolute Gasteiger partial charge is 0.452 e. The topological polar surface area (TPSA) is 92.8 Å². The molecule has 0 unspecified atom stereocenters. The second-order valence-electron chi connectivity index (χ2n) is 9.23. The molecule has 3 aliphatic rings. The van der Waals surface area contributed by atoms with Crippen LogP contribution in [0.2, 0.25) is 0 Å². The first kappa shape index (κ1) is 25.5. The number of nitrogens with zero attached hydrogens (tertiary/aromatic N) is 1. The molecule has 1 aliphatic heterocycles. The number of anilines is 2. The number of nitrogens with one attached hydrogen (secondary N) is 1. The molecule has 2 bridgehead atoms. The van der Waals surface area contributed by atoms with Crippen LogP contribution < -0.4 is 10.2 Å². The Morgan fingerprint density at radius 3 is 2.22 bits per heavy atom. The van der Waals surface area contributed by atoms with Gasteiger partial charge in [0.1, 0.15) is 0 Å². The predicted octanol–water partition coefficient (Wildman–Crippen LogP) is 4.47. The fourth-order valence-electron chi connectivity index (χ4n) is 5.62. The van der Waals surface area contributed by atoms with Gasteiger partial charge in [0.25, 0.3) is 5.91 Å². The molecular formula is C25H19Cl2F3N2O5. The third kappa shape index (κ3) is 4.35. The number of esters is 1. The van der Waals surface area contributed by atoms with Crippen molar-refractivity contribution in [3.05, 3.63) is 59.7 Å². The molecule has 0 spiro atoms. The summed E-state index contributed by atoms with van der Waals surface area (Å²) >= 11 is 12.8. The fourth-order valence-corrected chi connectivity index (χ4v) is 6.51. The molecule has 1 heterocycles. The van der Waals surface area contributed by atoms with Gasteiger partial charge < -0.3 is 10.1 Å². The number of amides is 3. The lowest BCUT2D eigenvalue weighted by Crippen LogP contribution is -2.37. The SMILES string of the molecule is O=C(COC(=O)c1cccc(N2C(=O)[C@@H]3[C@H]4C[C@@H]([C@H](Cl)[C@@H]4Cl)[C@@H]3C2=O)c1)Nc1ccccc1C(F)(F)F. The van der Waals surface area contributed by atoms with E-state index in [1.807, 2.05) is 0 Å². The molecule has 6 atom stereocenters. The van der Waals surface area contributed by atoms with E-state index in [4.69, 9.17) is 27.9 Å². The molecule has 0 aromatic heterocycles. The molecule has 2 aromatic rings. The van der Waals surface area contributed by atoms with Gasteiger partial charge in [-0.3, -0.25) is 19.3 Å². The van der Waals surface area contributed by atoms with Gasteiger partial charge in [-0.1, -0.05) is 18.2 Å². The maximum atomic E-state index is 13.2. The van der Waals surface area contributed by atoms with Crippen LogP contribution in [-0.4, -0.2) is 41.1 Å². The number of hydrogen-bond donors (Lipinski definition) is 1. The van der Waals surface area contributed by atoms with Gasteiger partial charge in [0.15, 0.2) is 6.61 Å². The number of ether oxygens (including phenoxy) is 1. The van der Waals surface area contributed by atoms with Crippen molar-refractivity contribution in [3.63, 3.8) is 0 Å². The summed E-state index contributed by atoms with van der Waals surface area (Å²) < 4.78 is 44.3. The third-order valence-corrected chi connectivity index (χ3v) is 8.49. The lowest BCUT2D eigenvalue weighted by molar-refractivity contribution is -0.137. The first-order chi connectivity index (χ1) is 17.5. The lowest BCUT2D eigenvalue weighted by Gasteiger charge is -2.28. The van der Waals surface area contributed by atoms with Gasteiger partial charge in [-0.15, -0.1) is 23.2 Å². The van der Waals surface area contributed by atoms with E-state index in [0.717, 1.165) is 17.0 Å². The monoisotopic (exact) mass is 554 g/mol. The molecule has 3 fully saturated rings. The van der Waals surface area contributed by atoms with E-state index in [1.165, 1.54) is 36.4 Å². The first-order valence-electron chi connectivity index (χ1n) is 11.4. The van der Waals surface area contributed by atoms with Crippen molar-refractivity contribution in [2.45, 2.75) is 23.4 Å². The van der Waals surface area contributed by atoms with Crippen LogP contribution in [-0.2, 0) is 25.3 Å². The second-order valence-corrected chi connectivity index (χ2v) is 10.2. The van der Waals surface area contributed by atoms with Crippen LogP contribution in [0.4, 0.5) is 24.5 Å². The molecular weight excluding hydrogens is 536 g/mol. The molecule has 1 N–H and O–H groups in total. The fraction of sp³-hybridized carbons (Fsp3) is 0.360. The molecule has 194 valence electrons. The summed E-state index contributed by atoms with van der Waals surface area (Å²) in [6, 6.07) is 9.99. The second kappa shape index (κ2) is 9.33. The van der Waals surface area contributed by atoms with Gasteiger partial charge in [-0.05, 0) is 48.6 Å². The van der Waals surface area contributed by atoms with Crippen LogP contribution in [0.1, 0.15) is 22.3 Å². The van der Waals surface area contributed by atoms with Crippen molar-refractivity contribution >= 4 is 58.3 Å². The number of imide groups is 1. The summed E-state index contributed by atoms with van der Waals surface area (Å²) in [7, 11) is 0. The summed E-state index contributed by atoms with van der Waals surface area (Å²) in [6.45, 7) is -0.849. The quantitative estimate of drug-likeness (QED) is 0.334.